The smallest absolute Gasteiger partial charge is 0.462 e. The fourth-order valence-corrected chi connectivity index (χ4v) is 10.1. The monoisotopic (exact) mass is 1110 g/mol. The van der Waals surface area contributed by atoms with Crippen LogP contribution in [0.1, 0.15) is 233 Å². The molecule has 1 aromatic carbocycles. The number of carbonyl (C=O) groups is 4. The summed E-state index contributed by atoms with van der Waals surface area (Å²) in [7, 11) is -4.63. The Morgan fingerprint density at radius 2 is 1.23 bits per heavy atom. The molecule has 1 unspecified atom stereocenters. The van der Waals surface area contributed by atoms with Crippen LogP contribution in [-0.2, 0) is 48.7 Å². The predicted octanol–water partition coefficient (Wildman–Crippen LogP) is 14.0. The number of nitrogens with one attached hydrogen (secondary N) is 4. The number of halogens is 1. The average molecular weight is 1110 g/mol. The highest BCUT2D eigenvalue weighted by Crippen LogP contribution is 2.43. The second-order valence-electron chi connectivity index (χ2n) is 20.3. The van der Waals surface area contributed by atoms with Crippen molar-refractivity contribution in [3.63, 3.8) is 0 Å². The van der Waals surface area contributed by atoms with Gasteiger partial charge in [-0.15, -0.1) is 0 Å². The molecule has 5 atom stereocenters. The summed E-state index contributed by atoms with van der Waals surface area (Å²) in [4.78, 5) is 66.6. The number of phosphoric ester groups is 1. The fourth-order valence-electron chi connectivity index (χ4n) is 8.95. The summed E-state index contributed by atoms with van der Waals surface area (Å²) in [5.74, 6) is -1.31. The van der Waals surface area contributed by atoms with Crippen molar-refractivity contribution < 1.29 is 47.2 Å². The van der Waals surface area contributed by atoms with Crippen LogP contribution in [-0.4, -0.2) is 84.7 Å². The first-order chi connectivity index (χ1) is 35.3. The number of unbranched alkanes of at least 4 members (excludes halogenated alkanes) is 22. The number of H-pyrrole nitrogens is 1. The van der Waals surface area contributed by atoms with E-state index < -0.39 is 25.8 Å². The summed E-state index contributed by atoms with van der Waals surface area (Å²) >= 11 is 3.49. The van der Waals surface area contributed by atoms with Crippen molar-refractivity contribution >= 4 is 58.3 Å². The van der Waals surface area contributed by atoms with Crippen molar-refractivity contribution in [2.75, 3.05) is 33.0 Å². The number of aromatic nitrogens is 1. The van der Waals surface area contributed by atoms with Crippen molar-refractivity contribution in [2.45, 2.75) is 252 Å². The minimum atomic E-state index is -4.63. The first kappa shape index (κ1) is 66.3. The minimum Gasteiger partial charge on any atom is -0.462 e. The van der Waals surface area contributed by atoms with E-state index in [1.165, 1.54) is 89.9 Å². The lowest BCUT2D eigenvalue weighted by Gasteiger charge is -2.24. The molecule has 73 heavy (non-hydrogen) atoms. The first-order valence-electron chi connectivity index (χ1n) is 28.8. The molecule has 0 aliphatic heterocycles. The Morgan fingerprint density at radius 3 is 1.82 bits per heavy atom. The SMILES string of the molecule is CCCCCCCCCCCCCC(=O)N[C@H](COCC[C@@H](CCCCCCC)OC(=O)CCCCCCCCCCC)COP(=O)(O)OCCNC(=O)[C@@H](NC(=O)Cc1c[nH]c2ccc(Br)cc12)[C@@H](C)CC. The number of hydrogen-bond donors (Lipinski definition) is 5. The van der Waals surface area contributed by atoms with Crippen molar-refractivity contribution in [1.82, 2.24) is 20.9 Å². The van der Waals surface area contributed by atoms with Crippen LogP contribution in [0.25, 0.3) is 10.9 Å². The van der Waals surface area contributed by atoms with Gasteiger partial charge in [-0.25, -0.2) is 4.57 Å². The third-order valence-electron chi connectivity index (χ3n) is 13.7. The van der Waals surface area contributed by atoms with Gasteiger partial charge in [-0.3, -0.25) is 28.2 Å². The molecule has 0 bridgehead atoms. The molecule has 0 saturated heterocycles. The van der Waals surface area contributed by atoms with Crippen molar-refractivity contribution in [3.8, 4) is 0 Å². The van der Waals surface area contributed by atoms with Crippen LogP contribution in [0, 0.1) is 5.92 Å². The molecule has 1 heterocycles. The molecule has 0 aliphatic carbocycles. The summed E-state index contributed by atoms with van der Waals surface area (Å²) in [5, 5.41) is 9.46. The molecule has 3 amide bonds. The quantitative estimate of drug-likeness (QED) is 0.0242. The Balaban J connectivity index is 1.94. The zero-order chi connectivity index (χ0) is 53.4. The van der Waals surface area contributed by atoms with Crippen molar-refractivity contribution in [3.05, 3.63) is 34.4 Å². The van der Waals surface area contributed by atoms with Gasteiger partial charge in [0, 0.05) is 47.4 Å². The summed E-state index contributed by atoms with van der Waals surface area (Å²) < 4.78 is 36.7. The number of fused-ring (bicyclic) bond motifs is 1. The number of rotatable bonds is 48. The molecule has 0 spiro atoms. The van der Waals surface area contributed by atoms with Crippen LogP contribution < -0.4 is 16.0 Å². The molecular formula is C57H100BrN4O10P. The second kappa shape index (κ2) is 42.3. The highest BCUT2D eigenvalue weighted by Gasteiger charge is 2.28. The molecule has 0 fully saturated rings. The Morgan fingerprint density at radius 1 is 0.671 bits per heavy atom. The van der Waals surface area contributed by atoms with Gasteiger partial charge in [0.05, 0.1) is 38.9 Å². The van der Waals surface area contributed by atoms with Gasteiger partial charge in [0.2, 0.25) is 17.7 Å². The molecule has 0 saturated carbocycles. The Bertz CT molecular complexity index is 1820. The molecule has 16 heteroatoms. The van der Waals surface area contributed by atoms with Crippen molar-refractivity contribution in [1.29, 1.82) is 0 Å². The minimum absolute atomic E-state index is 0.0102. The topological polar surface area (TPSA) is 194 Å². The van der Waals surface area contributed by atoms with E-state index in [4.69, 9.17) is 18.5 Å². The molecule has 5 N–H and O–H groups in total. The lowest BCUT2D eigenvalue weighted by molar-refractivity contribution is -0.150. The van der Waals surface area contributed by atoms with E-state index in [1.807, 2.05) is 32.0 Å². The molecule has 420 valence electrons. The zero-order valence-corrected chi connectivity index (χ0v) is 48.5. The summed E-state index contributed by atoms with van der Waals surface area (Å²) in [6.45, 7) is 9.92. The zero-order valence-electron chi connectivity index (χ0n) is 46.0. The molecule has 0 aliphatic rings. The van der Waals surface area contributed by atoms with E-state index in [0.29, 0.717) is 25.7 Å². The first-order valence-corrected chi connectivity index (χ1v) is 31.1. The van der Waals surface area contributed by atoms with E-state index in [0.717, 1.165) is 98.0 Å². The number of hydrogen-bond acceptors (Lipinski definition) is 9. The third kappa shape index (κ3) is 33.1. The lowest BCUT2D eigenvalue weighted by atomic mass is 9.98. The number of esters is 1. The largest absolute Gasteiger partial charge is 0.472 e. The predicted molar refractivity (Wildman–Crippen MR) is 299 cm³/mol. The molecular weight excluding hydrogens is 1010 g/mol. The highest BCUT2D eigenvalue weighted by molar-refractivity contribution is 9.10. The van der Waals surface area contributed by atoms with Crippen LogP contribution in [0.2, 0.25) is 0 Å². The van der Waals surface area contributed by atoms with E-state index in [2.05, 4.69) is 57.6 Å². The van der Waals surface area contributed by atoms with Gasteiger partial charge in [0.1, 0.15) is 12.1 Å². The fraction of sp³-hybridized carbons (Fsp3) is 0.789. The normalized spacial score (nSPS) is 14.1. The van der Waals surface area contributed by atoms with Gasteiger partial charge in [-0.05, 0) is 55.4 Å². The third-order valence-corrected chi connectivity index (χ3v) is 15.2. The maximum Gasteiger partial charge on any atom is 0.472 e. The number of carbonyl (C=O) groups excluding carboxylic acids is 4. The molecule has 2 aromatic rings. The number of ether oxygens (including phenoxy) is 2. The van der Waals surface area contributed by atoms with Gasteiger partial charge >= 0.3 is 13.8 Å². The molecule has 2 rings (SSSR count). The van der Waals surface area contributed by atoms with Crippen LogP contribution in [0.3, 0.4) is 0 Å². The van der Waals surface area contributed by atoms with E-state index in [9.17, 15) is 28.6 Å². The van der Waals surface area contributed by atoms with E-state index >= 15 is 0 Å². The van der Waals surface area contributed by atoms with Gasteiger partial charge in [-0.2, -0.15) is 0 Å². The van der Waals surface area contributed by atoms with Crippen LogP contribution >= 0.6 is 23.8 Å². The number of phosphoric acid groups is 1. The molecule has 14 nitrogen and oxygen atoms in total. The van der Waals surface area contributed by atoms with E-state index in [1.54, 1.807) is 6.20 Å². The van der Waals surface area contributed by atoms with Crippen molar-refractivity contribution in [2.24, 2.45) is 5.92 Å². The van der Waals surface area contributed by atoms with Gasteiger partial charge in [-0.1, -0.05) is 198 Å². The van der Waals surface area contributed by atoms with Crippen LogP contribution in [0.5, 0.6) is 0 Å². The number of amides is 3. The number of benzene rings is 1. The van der Waals surface area contributed by atoms with Gasteiger partial charge in [0.15, 0.2) is 0 Å². The summed E-state index contributed by atoms with van der Waals surface area (Å²) in [5.41, 5.74) is 1.70. The second-order valence-corrected chi connectivity index (χ2v) is 22.7. The maximum absolute atomic E-state index is 13.4. The standard InChI is InChI=1S/C57H100BrN4O10P/c1-6-10-13-16-18-20-21-23-24-27-30-33-53(63)61-49(44-69-39-37-50(32-29-26-15-12-8-3)72-55(65)34-31-28-25-22-19-17-14-11-7-2)45-71-73(67,68)70-40-38-59-57(66)56(46(5)9-4)62-54(64)41-47-43-60-52-36-35-48(58)42-51(47)52/h35-36,42-43,46,49-50,56,60H,6-34,37-41,44-45H2,1-5H3,(H,59,66)(H,61,63)(H,62,64)(H,67,68)/t46-,49+,50+,56-/m0/s1. The van der Waals surface area contributed by atoms with Crippen LogP contribution in [0.4, 0.5) is 0 Å². The summed E-state index contributed by atoms with van der Waals surface area (Å²) in [6, 6.07) is 4.20. The Kier molecular flexibility index (Phi) is 38.4. The lowest BCUT2D eigenvalue weighted by Crippen LogP contribution is -2.51. The Hall–Kier alpha value is -2.81. The Labute approximate surface area is 449 Å². The number of aromatic amines is 1. The summed E-state index contributed by atoms with van der Waals surface area (Å²) in [6.07, 6.45) is 33.1. The van der Waals surface area contributed by atoms with Crippen LogP contribution in [0.15, 0.2) is 28.9 Å². The maximum atomic E-state index is 13.4. The highest BCUT2D eigenvalue weighted by atomic mass is 79.9. The van der Waals surface area contributed by atoms with E-state index in [-0.39, 0.29) is 69.2 Å². The molecule has 0 radical (unpaired) electrons. The average Bonchev–Trinajstić information content (AvgIpc) is 3.76. The molecule has 1 aromatic heterocycles. The van der Waals surface area contributed by atoms with Gasteiger partial charge < -0.3 is 35.3 Å². The van der Waals surface area contributed by atoms with Gasteiger partial charge in [0.25, 0.3) is 0 Å².